The van der Waals surface area contributed by atoms with Gasteiger partial charge in [-0.3, -0.25) is 5.21 Å². The van der Waals surface area contributed by atoms with Crippen LogP contribution >= 0.6 is 23.4 Å². The Morgan fingerprint density at radius 1 is 1.21 bits per heavy atom. The van der Waals surface area contributed by atoms with Gasteiger partial charge in [0.1, 0.15) is 5.37 Å². The highest BCUT2D eigenvalue weighted by atomic mass is 35.5. The van der Waals surface area contributed by atoms with E-state index in [1.54, 1.807) is 22.9 Å². The van der Waals surface area contributed by atoms with Gasteiger partial charge in [0.25, 0.3) is 0 Å². The van der Waals surface area contributed by atoms with Crippen LogP contribution in [0.25, 0.3) is 11.4 Å². The smallest absolute Gasteiger partial charge is 0.212 e. The molecule has 0 saturated heterocycles. The molecule has 2 heterocycles. The second-order valence-corrected chi connectivity index (χ2v) is 6.65. The normalized spacial score (nSPS) is 15.9. The largest absolute Gasteiger partial charge is 0.733 e. The molecule has 0 saturated carbocycles. The Morgan fingerprint density at radius 2 is 2.00 bits per heavy atom. The predicted octanol–water partition coefficient (Wildman–Crippen LogP) is 3.64. The van der Waals surface area contributed by atoms with Gasteiger partial charge in [0.05, 0.1) is 5.69 Å². The molecule has 1 aromatic heterocycles. The third kappa shape index (κ3) is 2.69. The maximum absolute atomic E-state index is 11.1. The van der Waals surface area contributed by atoms with Crippen molar-refractivity contribution in [3.63, 3.8) is 0 Å². The van der Waals surface area contributed by atoms with E-state index in [4.69, 9.17) is 16.8 Å². The van der Waals surface area contributed by atoms with Gasteiger partial charge in [0.15, 0.2) is 5.82 Å². The van der Waals surface area contributed by atoms with Crippen LogP contribution in [0.3, 0.4) is 0 Å². The van der Waals surface area contributed by atoms with Crippen molar-refractivity contribution < 1.29 is 5.21 Å². The number of nitrogens with one attached hydrogen (secondary N) is 1. The number of hydrogen-bond donors (Lipinski definition) is 2. The Bertz CT molecular complexity index is 884. The number of halogens is 1. The zero-order chi connectivity index (χ0) is 16.7. The first-order chi connectivity index (χ1) is 11.6. The van der Waals surface area contributed by atoms with Gasteiger partial charge >= 0.3 is 0 Å². The summed E-state index contributed by atoms with van der Waals surface area (Å²) in [6.45, 7) is 0. The van der Waals surface area contributed by atoms with Gasteiger partial charge in [-0.15, -0.1) is 10.2 Å². The Balaban J connectivity index is 1.65. The Morgan fingerprint density at radius 3 is 2.75 bits per heavy atom. The van der Waals surface area contributed by atoms with Crippen LogP contribution < -0.4 is 10.7 Å². The lowest BCUT2D eigenvalue weighted by Gasteiger charge is -2.21. The van der Waals surface area contributed by atoms with E-state index in [1.165, 1.54) is 17.8 Å². The molecule has 0 aliphatic carbocycles. The first kappa shape index (κ1) is 15.3. The molecule has 7 nitrogen and oxygen atoms in total. The summed E-state index contributed by atoms with van der Waals surface area (Å²) in [5, 5.41) is 29.7. The number of hydrogen-bond acceptors (Lipinski definition) is 7. The highest BCUT2D eigenvalue weighted by Crippen LogP contribution is 2.40. The van der Waals surface area contributed by atoms with Crippen molar-refractivity contribution in [1.29, 1.82) is 0 Å². The van der Waals surface area contributed by atoms with Crippen LogP contribution in [0.15, 0.2) is 53.7 Å². The van der Waals surface area contributed by atoms with E-state index in [0.717, 1.165) is 10.7 Å². The standard InChI is InChI=1S/C15H11ClN5O2S/c16-11-6-4-9(5-7-11)14-19-20-13(17-18-15(20)24-14)10-2-1-3-12(8-10)21(22)23/h1-8,14,19,22H/q-1/t14-/m0/s1. The number of benzene rings is 2. The van der Waals surface area contributed by atoms with E-state index in [2.05, 4.69) is 15.6 Å². The molecule has 1 aliphatic heterocycles. The Hall–Kier alpha value is -2.26. The summed E-state index contributed by atoms with van der Waals surface area (Å²) in [4.78, 5) is 0. The molecular formula is C15H11ClN5O2S-. The number of thioether (sulfide) groups is 1. The highest BCUT2D eigenvalue weighted by molar-refractivity contribution is 7.99. The minimum atomic E-state index is -0.177. The van der Waals surface area contributed by atoms with Crippen LogP contribution in [-0.4, -0.2) is 20.1 Å². The lowest BCUT2D eigenvalue weighted by Crippen LogP contribution is -2.14. The minimum absolute atomic E-state index is 0.0106. The van der Waals surface area contributed by atoms with E-state index in [0.29, 0.717) is 16.4 Å². The van der Waals surface area contributed by atoms with Crippen molar-refractivity contribution in [2.45, 2.75) is 10.5 Å². The van der Waals surface area contributed by atoms with Crippen molar-refractivity contribution in [2.75, 3.05) is 10.7 Å². The third-order valence-corrected chi connectivity index (χ3v) is 4.94. The van der Waals surface area contributed by atoms with Gasteiger partial charge in [-0.25, -0.2) is 4.68 Å². The number of fused-ring (bicyclic) bond motifs is 1. The maximum atomic E-state index is 11.1. The van der Waals surface area contributed by atoms with E-state index in [1.807, 2.05) is 24.3 Å². The van der Waals surface area contributed by atoms with Crippen LogP contribution in [0.1, 0.15) is 10.9 Å². The third-order valence-electron chi connectivity index (χ3n) is 3.60. The van der Waals surface area contributed by atoms with Gasteiger partial charge in [-0.1, -0.05) is 47.6 Å². The van der Waals surface area contributed by atoms with E-state index < -0.39 is 0 Å². The number of anilines is 1. The van der Waals surface area contributed by atoms with Crippen LogP contribution in [0.2, 0.25) is 5.02 Å². The fourth-order valence-corrected chi connectivity index (χ4v) is 3.56. The van der Waals surface area contributed by atoms with Crippen LogP contribution in [0.5, 0.6) is 0 Å². The second kappa shape index (κ2) is 5.99. The zero-order valence-electron chi connectivity index (χ0n) is 12.1. The van der Waals surface area contributed by atoms with E-state index >= 15 is 0 Å². The van der Waals surface area contributed by atoms with Gasteiger partial charge in [-0.05, 0) is 29.8 Å². The van der Waals surface area contributed by atoms with Gasteiger partial charge in [0, 0.05) is 10.6 Å². The molecule has 0 fully saturated rings. The topological polar surface area (TPSA) is 89.3 Å². The predicted molar refractivity (Wildman–Crippen MR) is 92.5 cm³/mol. The minimum Gasteiger partial charge on any atom is -0.733 e. The number of rotatable bonds is 3. The average molecular weight is 361 g/mol. The average Bonchev–Trinajstić information content (AvgIpc) is 3.16. The number of nitrogens with zero attached hydrogens (tertiary/aromatic N) is 4. The SMILES string of the molecule is [O-]N(O)c1cccc(-c2nnc3n2N[C@H](c2ccc(Cl)cc2)S3)c1. The molecule has 122 valence electrons. The first-order valence-corrected chi connectivity index (χ1v) is 8.28. The lowest BCUT2D eigenvalue weighted by atomic mass is 10.2. The van der Waals surface area contributed by atoms with E-state index in [-0.39, 0.29) is 16.3 Å². The molecular weight excluding hydrogens is 350 g/mol. The highest BCUT2D eigenvalue weighted by Gasteiger charge is 2.28. The Labute approximate surface area is 146 Å². The van der Waals surface area contributed by atoms with Crippen molar-refractivity contribution in [3.05, 3.63) is 64.3 Å². The van der Waals surface area contributed by atoms with Crippen LogP contribution in [0, 0.1) is 5.21 Å². The summed E-state index contributed by atoms with van der Waals surface area (Å²) in [5.41, 5.74) is 5.19. The molecule has 24 heavy (non-hydrogen) atoms. The fraction of sp³-hybridized carbons (Fsp3) is 0.0667. The van der Waals surface area contributed by atoms with Crippen molar-refractivity contribution in [3.8, 4) is 11.4 Å². The molecule has 3 aromatic rings. The molecule has 0 bridgehead atoms. The second-order valence-electron chi connectivity index (χ2n) is 5.14. The monoisotopic (exact) mass is 360 g/mol. The molecule has 2 N–H and O–H groups in total. The van der Waals surface area contributed by atoms with Crippen LogP contribution in [-0.2, 0) is 0 Å². The molecule has 1 aliphatic rings. The van der Waals surface area contributed by atoms with Gasteiger partial charge < -0.3 is 15.9 Å². The molecule has 9 heteroatoms. The lowest BCUT2D eigenvalue weighted by molar-refractivity contribution is 0.296. The fourth-order valence-electron chi connectivity index (χ4n) is 2.44. The summed E-state index contributed by atoms with van der Waals surface area (Å²) in [5.74, 6) is 0.567. The summed E-state index contributed by atoms with van der Waals surface area (Å²) < 4.78 is 1.77. The summed E-state index contributed by atoms with van der Waals surface area (Å²) in [6, 6.07) is 14.1. The summed E-state index contributed by atoms with van der Waals surface area (Å²) >= 11 is 7.46. The number of aromatic nitrogens is 3. The molecule has 0 spiro atoms. The van der Waals surface area contributed by atoms with Gasteiger partial charge in [-0.2, -0.15) is 0 Å². The zero-order valence-corrected chi connectivity index (χ0v) is 13.7. The molecule has 0 amide bonds. The van der Waals surface area contributed by atoms with Crippen LogP contribution in [0.4, 0.5) is 5.69 Å². The summed E-state index contributed by atoms with van der Waals surface area (Å²) in [6.07, 6.45) is 0. The molecule has 0 unspecified atom stereocenters. The Kier molecular flexibility index (Phi) is 3.81. The maximum Gasteiger partial charge on any atom is 0.212 e. The molecule has 4 rings (SSSR count). The van der Waals surface area contributed by atoms with Crippen molar-refractivity contribution >= 4 is 29.1 Å². The van der Waals surface area contributed by atoms with Gasteiger partial charge in [0.2, 0.25) is 5.16 Å². The quantitative estimate of drug-likeness (QED) is 0.689. The van der Waals surface area contributed by atoms with Crippen molar-refractivity contribution in [1.82, 2.24) is 14.9 Å². The first-order valence-electron chi connectivity index (χ1n) is 7.02. The molecule has 0 radical (unpaired) electrons. The molecule has 1 atom stereocenters. The van der Waals surface area contributed by atoms with E-state index in [9.17, 15) is 5.21 Å². The van der Waals surface area contributed by atoms with Crippen molar-refractivity contribution in [2.24, 2.45) is 0 Å². The summed E-state index contributed by atoms with van der Waals surface area (Å²) in [7, 11) is 0. The molecule has 2 aromatic carbocycles.